The molecule has 0 aliphatic carbocycles. The minimum atomic E-state index is -0.560. The first kappa shape index (κ1) is 15.6. The molecule has 1 unspecified atom stereocenters. The van der Waals surface area contributed by atoms with Gasteiger partial charge in [0.05, 0.1) is 6.61 Å². The van der Waals surface area contributed by atoms with E-state index in [4.69, 9.17) is 4.74 Å². The summed E-state index contributed by atoms with van der Waals surface area (Å²) < 4.78 is 31.7. The van der Waals surface area contributed by atoms with Gasteiger partial charge in [0.1, 0.15) is 11.6 Å². The Hall–Kier alpha value is -1.78. The second-order valence-corrected chi connectivity index (χ2v) is 5.02. The number of methoxy groups -OCH3 is 1. The standard InChI is InChI=1S/C17H19F2NO/c1-12(16-7-6-15(18)9-17(16)19)20-10-13-4-3-5-14(8-13)11-21-2/h3-9,12,20H,10-11H2,1-2H3. The third-order valence-corrected chi connectivity index (χ3v) is 3.34. The molecule has 21 heavy (non-hydrogen) atoms. The first-order valence-corrected chi connectivity index (χ1v) is 6.85. The van der Waals surface area contributed by atoms with E-state index >= 15 is 0 Å². The smallest absolute Gasteiger partial charge is 0.130 e. The highest BCUT2D eigenvalue weighted by Gasteiger charge is 2.11. The normalized spacial score (nSPS) is 12.4. The summed E-state index contributed by atoms with van der Waals surface area (Å²) in [6.45, 7) is 3.03. The SMILES string of the molecule is COCc1cccc(CNC(C)c2ccc(F)cc2F)c1. The summed E-state index contributed by atoms with van der Waals surface area (Å²) in [7, 11) is 1.66. The van der Waals surface area contributed by atoms with Gasteiger partial charge in [0.2, 0.25) is 0 Å². The Balaban J connectivity index is 2.00. The highest BCUT2D eigenvalue weighted by molar-refractivity contribution is 5.24. The molecule has 112 valence electrons. The van der Waals surface area contributed by atoms with Crippen LogP contribution < -0.4 is 5.32 Å². The quantitative estimate of drug-likeness (QED) is 0.869. The minimum Gasteiger partial charge on any atom is -0.380 e. The maximum Gasteiger partial charge on any atom is 0.130 e. The molecule has 0 saturated heterocycles. The van der Waals surface area contributed by atoms with Crippen LogP contribution in [-0.4, -0.2) is 7.11 Å². The summed E-state index contributed by atoms with van der Waals surface area (Å²) in [5.41, 5.74) is 2.65. The van der Waals surface area contributed by atoms with Gasteiger partial charge in [-0.2, -0.15) is 0 Å². The van der Waals surface area contributed by atoms with Crippen LogP contribution in [0.1, 0.15) is 29.7 Å². The van der Waals surface area contributed by atoms with Gasteiger partial charge in [-0.3, -0.25) is 0 Å². The van der Waals surface area contributed by atoms with Crippen molar-refractivity contribution in [3.63, 3.8) is 0 Å². The molecule has 0 radical (unpaired) electrons. The van der Waals surface area contributed by atoms with Crippen LogP contribution in [0.25, 0.3) is 0 Å². The zero-order valence-corrected chi connectivity index (χ0v) is 12.2. The highest BCUT2D eigenvalue weighted by atomic mass is 19.1. The van der Waals surface area contributed by atoms with Gasteiger partial charge >= 0.3 is 0 Å². The summed E-state index contributed by atoms with van der Waals surface area (Å²) in [5, 5.41) is 3.24. The molecule has 0 aliphatic rings. The van der Waals surface area contributed by atoms with Crippen molar-refractivity contribution in [2.75, 3.05) is 7.11 Å². The van der Waals surface area contributed by atoms with Crippen LogP contribution in [0.4, 0.5) is 8.78 Å². The Morgan fingerprint density at radius 1 is 1.10 bits per heavy atom. The molecule has 0 bridgehead atoms. The third kappa shape index (κ3) is 4.34. The monoisotopic (exact) mass is 291 g/mol. The number of halogens is 2. The number of rotatable bonds is 6. The molecule has 0 fully saturated rings. The number of hydrogen-bond donors (Lipinski definition) is 1. The molecular weight excluding hydrogens is 272 g/mol. The van der Waals surface area contributed by atoms with Gasteiger partial charge in [-0.05, 0) is 24.1 Å². The molecule has 1 atom stereocenters. The lowest BCUT2D eigenvalue weighted by Crippen LogP contribution is -2.19. The molecule has 4 heteroatoms. The second kappa shape index (κ2) is 7.29. The zero-order chi connectivity index (χ0) is 15.2. The molecule has 0 spiro atoms. The Morgan fingerprint density at radius 2 is 1.86 bits per heavy atom. The highest BCUT2D eigenvalue weighted by Crippen LogP contribution is 2.18. The lowest BCUT2D eigenvalue weighted by molar-refractivity contribution is 0.185. The van der Waals surface area contributed by atoms with Crippen molar-refractivity contribution in [1.82, 2.24) is 5.32 Å². The van der Waals surface area contributed by atoms with E-state index < -0.39 is 11.6 Å². The first-order chi connectivity index (χ1) is 10.1. The van der Waals surface area contributed by atoms with Gasteiger partial charge in [0.25, 0.3) is 0 Å². The average Bonchev–Trinajstić information content (AvgIpc) is 2.45. The summed E-state index contributed by atoms with van der Waals surface area (Å²) in [5.74, 6) is -1.08. The molecule has 0 heterocycles. The third-order valence-electron chi connectivity index (χ3n) is 3.34. The van der Waals surface area contributed by atoms with Crippen LogP contribution in [0.2, 0.25) is 0 Å². The second-order valence-electron chi connectivity index (χ2n) is 5.02. The fourth-order valence-corrected chi connectivity index (χ4v) is 2.23. The summed E-state index contributed by atoms with van der Waals surface area (Å²) in [6.07, 6.45) is 0. The summed E-state index contributed by atoms with van der Waals surface area (Å²) >= 11 is 0. The molecule has 0 saturated carbocycles. The van der Waals surface area contributed by atoms with Crippen molar-refractivity contribution in [2.45, 2.75) is 26.1 Å². The molecule has 2 nitrogen and oxygen atoms in total. The van der Waals surface area contributed by atoms with Crippen molar-refractivity contribution >= 4 is 0 Å². The lowest BCUT2D eigenvalue weighted by atomic mass is 10.1. The van der Waals surface area contributed by atoms with Crippen LogP contribution >= 0.6 is 0 Å². The molecule has 0 aliphatic heterocycles. The van der Waals surface area contributed by atoms with Crippen LogP contribution in [-0.2, 0) is 17.9 Å². The number of ether oxygens (including phenoxy) is 1. The van der Waals surface area contributed by atoms with E-state index in [2.05, 4.69) is 5.32 Å². The fourth-order valence-electron chi connectivity index (χ4n) is 2.23. The first-order valence-electron chi connectivity index (χ1n) is 6.85. The topological polar surface area (TPSA) is 21.3 Å². The van der Waals surface area contributed by atoms with Gasteiger partial charge < -0.3 is 10.1 Å². The van der Waals surface area contributed by atoms with Gasteiger partial charge in [-0.15, -0.1) is 0 Å². The summed E-state index contributed by atoms with van der Waals surface area (Å²) in [6, 6.07) is 11.5. The average molecular weight is 291 g/mol. The van der Waals surface area contributed by atoms with E-state index in [1.807, 2.05) is 31.2 Å². The molecule has 0 amide bonds. The van der Waals surface area contributed by atoms with Crippen LogP contribution in [0.5, 0.6) is 0 Å². The van der Waals surface area contributed by atoms with Gasteiger partial charge in [0.15, 0.2) is 0 Å². The number of hydrogen-bond acceptors (Lipinski definition) is 2. The van der Waals surface area contributed by atoms with E-state index in [-0.39, 0.29) is 6.04 Å². The number of benzene rings is 2. The zero-order valence-electron chi connectivity index (χ0n) is 12.2. The van der Waals surface area contributed by atoms with E-state index in [1.165, 1.54) is 12.1 Å². The molecule has 2 aromatic rings. The number of nitrogens with one attached hydrogen (secondary N) is 1. The summed E-state index contributed by atoms with van der Waals surface area (Å²) in [4.78, 5) is 0. The van der Waals surface area contributed by atoms with Crippen molar-refractivity contribution in [2.24, 2.45) is 0 Å². The van der Waals surface area contributed by atoms with Gasteiger partial charge in [-0.1, -0.05) is 30.3 Å². The van der Waals surface area contributed by atoms with Crippen molar-refractivity contribution in [3.05, 3.63) is 70.8 Å². The Bertz CT molecular complexity index is 601. The van der Waals surface area contributed by atoms with Crippen LogP contribution in [0.3, 0.4) is 0 Å². The van der Waals surface area contributed by atoms with Crippen molar-refractivity contribution in [1.29, 1.82) is 0 Å². The predicted molar refractivity (Wildman–Crippen MR) is 78.8 cm³/mol. The van der Waals surface area contributed by atoms with Crippen molar-refractivity contribution < 1.29 is 13.5 Å². The predicted octanol–water partition coefficient (Wildman–Crippen LogP) is 3.96. The van der Waals surface area contributed by atoms with Crippen LogP contribution in [0, 0.1) is 11.6 Å². The lowest BCUT2D eigenvalue weighted by Gasteiger charge is -2.15. The molecule has 0 aromatic heterocycles. The molecule has 1 N–H and O–H groups in total. The van der Waals surface area contributed by atoms with Gasteiger partial charge in [-0.25, -0.2) is 8.78 Å². The Kier molecular flexibility index (Phi) is 5.42. The van der Waals surface area contributed by atoms with Gasteiger partial charge in [0, 0.05) is 31.3 Å². The largest absolute Gasteiger partial charge is 0.380 e. The van der Waals surface area contributed by atoms with E-state index in [1.54, 1.807) is 7.11 Å². The Morgan fingerprint density at radius 3 is 2.57 bits per heavy atom. The van der Waals surface area contributed by atoms with E-state index in [9.17, 15) is 8.78 Å². The van der Waals surface area contributed by atoms with Crippen molar-refractivity contribution in [3.8, 4) is 0 Å². The minimum absolute atomic E-state index is 0.198. The van der Waals surface area contributed by atoms with E-state index in [0.717, 1.165) is 17.2 Å². The molecule has 2 rings (SSSR count). The maximum atomic E-state index is 13.7. The molecular formula is C17H19F2NO. The fraction of sp³-hybridized carbons (Fsp3) is 0.294. The molecule has 2 aromatic carbocycles. The van der Waals surface area contributed by atoms with Crippen LogP contribution in [0.15, 0.2) is 42.5 Å². The maximum absolute atomic E-state index is 13.7. The van der Waals surface area contributed by atoms with E-state index in [0.29, 0.717) is 18.7 Å². The Labute approximate surface area is 123 Å².